The van der Waals surface area contributed by atoms with Gasteiger partial charge in [0.2, 0.25) is 0 Å². The Kier molecular flexibility index (Phi) is 4.63. The fraction of sp³-hybridized carbons (Fsp3) is 0.150. The molecule has 3 rings (SSSR count). The Balaban J connectivity index is 2.01. The average Bonchev–Trinajstić information content (AvgIpc) is 2.56. The zero-order valence-corrected chi connectivity index (χ0v) is 14.0. The summed E-state index contributed by atoms with van der Waals surface area (Å²) in [4.78, 5) is 4.47. The first-order valence-electron chi connectivity index (χ1n) is 7.63. The Bertz CT molecular complexity index is 734. The van der Waals surface area contributed by atoms with Crippen molar-refractivity contribution in [1.82, 2.24) is 4.98 Å². The highest BCUT2D eigenvalue weighted by Crippen LogP contribution is 2.28. The average molecular weight is 323 g/mol. The summed E-state index contributed by atoms with van der Waals surface area (Å²) in [7, 11) is 0. The zero-order valence-electron chi connectivity index (χ0n) is 13.3. The van der Waals surface area contributed by atoms with Gasteiger partial charge >= 0.3 is 0 Å². The summed E-state index contributed by atoms with van der Waals surface area (Å²) in [5, 5.41) is 4.31. The fourth-order valence-electron chi connectivity index (χ4n) is 2.55. The van der Waals surface area contributed by atoms with Gasteiger partial charge in [0, 0.05) is 11.2 Å². The Labute approximate surface area is 142 Å². The summed E-state index contributed by atoms with van der Waals surface area (Å²) in [5.74, 6) is 0.896. The summed E-state index contributed by atoms with van der Waals surface area (Å²) < 4.78 is 0. The number of aromatic nitrogens is 1. The summed E-state index contributed by atoms with van der Waals surface area (Å²) >= 11 is 6.04. The molecule has 0 aliphatic heterocycles. The van der Waals surface area contributed by atoms with Crippen LogP contribution in [0.3, 0.4) is 0 Å². The van der Waals surface area contributed by atoms with Gasteiger partial charge in [-0.05, 0) is 48.7 Å². The molecule has 0 aliphatic carbocycles. The van der Waals surface area contributed by atoms with E-state index in [0.29, 0.717) is 0 Å². The van der Waals surface area contributed by atoms with E-state index < -0.39 is 0 Å². The molecule has 1 aromatic heterocycles. The lowest BCUT2D eigenvalue weighted by atomic mass is 9.97. The number of pyridine rings is 1. The monoisotopic (exact) mass is 322 g/mol. The van der Waals surface area contributed by atoms with Gasteiger partial charge in [0.05, 0.1) is 6.04 Å². The Morgan fingerprint density at radius 2 is 1.48 bits per heavy atom. The van der Waals surface area contributed by atoms with Gasteiger partial charge in [0.1, 0.15) is 5.82 Å². The third-order valence-electron chi connectivity index (χ3n) is 3.90. The summed E-state index contributed by atoms with van der Waals surface area (Å²) in [5.41, 5.74) is 4.72. The molecule has 0 fully saturated rings. The second-order valence-corrected chi connectivity index (χ2v) is 6.14. The van der Waals surface area contributed by atoms with Crippen molar-refractivity contribution in [1.29, 1.82) is 0 Å². The van der Waals surface area contributed by atoms with Crippen molar-refractivity contribution in [3.05, 3.63) is 94.1 Å². The molecule has 116 valence electrons. The number of hydrogen-bond donors (Lipinski definition) is 1. The number of hydrogen-bond acceptors (Lipinski definition) is 2. The number of benzene rings is 2. The third kappa shape index (κ3) is 3.72. The highest BCUT2D eigenvalue weighted by molar-refractivity contribution is 6.30. The van der Waals surface area contributed by atoms with Crippen LogP contribution in [0.15, 0.2) is 66.9 Å². The largest absolute Gasteiger partial charge is 0.359 e. The number of nitrogens with one attached hydrogen (secondary N) is 1. The van der Waals surface area contributed by atoms with Crippen LogP contribution in [-0.2, 0) is 0 Å². The van der Waals surface area contributed by atoms with Gasteiger partial charge in [-0.2, -0.15) is 0 Å². The van der Waals surface area contributed by atoms with E-state index in [1.54, 1.807) is 0 Å². The fourth-order valence-corrected chi connectivity index (χ4v) is 2.67. The van der Waals surface area contributed by atoms with Gasteiger partial charge in [0.25, 0.3) is 0 Å². The molecule has 0 saturated carbocycles. The second kappa shape index (κ2) is 6.84. The molecule has 0 spiro atoms. The molecule has 0 saturated heterocycles. The van der Waals surface area contributed by atoms with E-state index in [1.165, 1.54) is 11.1 Å². The van der Waals surface area contributed by atoms with Gasteiger partial charge in [-0.25, -0.2) is 4.98 Å². The van der Waals surface area contributed by atoms with Gasteiger partial charge in [-0.3, -0.25) is 0 Å². The lowest BCUT2D eigenvalue weighted by Gasteiger charge is -2.21. The molecule has 1 unspecified atom stereocenters. The van der Waals surface area contributed by atoms with Crippen LogP contribution in [0.4, 0.5) is 5.82 Å². The van der Waals surface area contributed by atoms with E-state index in [9.17, 15) is 0 Å². The van der Waals surface area contributed by atoms with Crippen molar-refractivity contribution in [2.75, 3.05) is 5.32 Å². The SMILES string of the molecule is Cc1ccc(C(Nc2ncccc2C)c2ccc(Cl)cc2)cc1. The number of anilines is 1. The molecule has 3 aromatic rings. The number of rotatable bonds is 4. The van der Waals surface area contributed by atoms with Gasteiger partial charge in [0.15, 0.2) is 0 Å². The van der Waals surface area contributed by atoms with Crippen LogP contribution in [0.2, 0.25) is 5.02 Å². The summed E-state index contributed by atoms with van der Waals surface area (Å²) in [6.07, 6.45) is 1.81. The molecule has 2 aromatic carbocycles. The Morgan fingerprint density at radius 3 is 2.09 bits per heavy atom. The maximum absolute atomic E-state index is 6.04. The lowest BCUT2D eigenvalue weighted by Crippen LogP contribution is -2.14. The molecule has 0 radical (unpaired) electrons. The van der Waals surface area contributed by atoms with Crippen molar-refractivity contribution in [3.8, 4) is 0 Å². The summed E-state index contributed by atoms with van der Waals surface area (Å²) in [6, 6.07) is 20.6. The van der Waals surface area contributed by atoms with Crippen LogP contribution in [0.1, 0.15) is 28.3 Å². The van der Waals surface area contributed by atoms with Crippen molar-refractivity contribution in [2.45, 2.75) is 19.9 Å². The number of nitrogens with zero attached hydrogens (tertiary/aromatic N) is 1. The molecule has 1 heterocycles. The van der Waals surface area contributed by atoms with Crippen molar-refractivity contribution in [2.24, 2.45) is 0 Å². The summed E-state index contributed by atoms with van der Waals surface area (Å²) in [6.45, 7) is 4.15. The van der Waals surface area contributed by atoms with E-state index in [2.05, 4.69) is 66.6 Å². The number of aryl methyl sites for hydroxylation is 2. The molecule has 2 nitrogen and oxygen atoms in total. The minimum absolute atomic E-state index is 0.0291. The topological polar surface area (TPSA) is 24.9 Å². The van der Waals surface area contributed by atoms with Crippen LogP contribution in [-0.4, -0.2) is 4.98 Å². The van der Waals surface area contributed by atoms with E-state index >= 15 is 0 Å². The molecular formula is C20H19ClN2. The Hall–Kier alpha value is -2.32. The van der Waals surface area contributed by atoms with E-state index in [0.717, 1.165) is 22.0 Å². The Morgan fingerprint density at radius 1 is 0.870 bits per heavy atom. The molecule has 0 amide bonds. The van der Waals surface area contributed by atoms with Crippen LogP contribution in [0.5, 0.6) is 0 Å². The highest BCUT2D eigenvalue weighted by Gasteiger charge is 2.15. The van der Waals surface area contributed by atoms with E-state index in [1.807, 2.05) is 24.4 Å². The second-order valence-electron chi connectivity index (χ2n) is 5.71. The van der Waals surface area contributed by atoms with Gasteiger partial charge in [-0.1, -0.05) is 59.6 Å². The van der Waals surface area contributed by atoms with E-state index in [-0.39, 0.29) is 6.04 Å². The van der Waals surface area contributed by atoms with E-state index in [4.69, 9.17) is 11.6 Å². The molecular weight excluding hydrogens is 304 g/mol. The van der Waals surface area contributed by atoms with Crippen molar-refractivity contribution in [3.63, 3.8) is 0 Å². The molecule has 0 aliphatic rings. The van der Waals surface area contributed by atoms with Crippen molar-refractivity contribution >= 4 is 17.4 Å². The number of halogens is 1. The van der Waals surface area contributed by atoms with Crippen LogP contribution < -0.4 is 5.32 Å². The standard InChI is InChI=1S/C20H19ClN2/c1-14-5-7-16(8-6-14)19(17-9-11-18(21)12-10-17)23-20-15(2)4-3-13-22-20/h3-13,19H,1-2H3,(H,22,23). The zero-order chi connectivity index (χ0) is 16.2. The van der Waals surface area contributed by atoms with Gasteiger partial charge in [-0.15, -0.1) is 0 Å². The van der Waals surface area contributed by atoms with Crippen LogP contribution >= 0.6 is 11.6 Å². The normalized spacial score (nSPS) is 12.0. The third-order valence-corrected chi connectivity index (χ3v) is 4.16. The minimum Gasteiger partial charge on any atom is -0.359 e. The van der Waals surface area contributed by atoms with Crippen LogP contribution in [0.25, 0.3) is 0 Å². The molecule has 0 bridgehead atoms. The first kappa shape index (κ1) is 15.6. The molecule has 1 N–H and O–H groups in total. The predicted octanol–water partition coefficient (Wildman–Crippen LogP) is 5.55. The maximum atomic E-state index is 6.04. The highest BCUT2D eigenvalue weighted by atomic mass is 35.5. The molecule has 23 heavy (non-hydrogen) atoms. The van der Waals surface area contributed by atoms with Crippen molar-refractivity contribution < 1.29 is 0 Å². The van der Waals surface area contributed by atoms with Gasteiger partial charge < -0.3 is 5.32 Å². The maximum Gasteiger partial charge on any atom is 0.129 e. The lowest BCUT2D eigenvalue weighted by molar-refractivity contribution is 0.921. The minimum atomic E-state index is 0.0291. The molecule has 1 atom stereocenters. The van der Waals surface area contributed by atoms with Crippen LogP contribution in [0, 0.1) is 13.8 Å². The quantitative estimate of drug-likeness (QED) is 0.680. The first-order chi connectivity index (χ1) is 11.1. The first-order valence-corrected chi connectivity index (χ1v) is 8.01. The predicted molar refractivity (Wildman–Crippen MR) is 97.1 cm³/mol. The smallest absolute Gasteiger partial charge is 0.129 e. The molecule has 3 heteroatoms.